The van der Waals surface area contributed by atoms with E-state index < -0.39 is 0 Å². The van der Waals surface area contributed by atoms with Crippen molar-refractivity contribution in [2.24, 2.45) is 0 Å². The Kier molecular flexibility index (Phi) is 6.96. The summed E-state index contributed by atoms with van der Waals surface area (Å²) in [5.74, 6) is -0.282. The van der Waals surface area contributed by atoms with Crippen LogP contribution in [0.15, 0.2) is 41.1 Å². The Hall–Kier alpha value is -2.18. The number of hydrogen-bond acceptors (Lipinski definition) is 4. The average molecular weight is 346 g/mol. The second kappa shape index (κ2) is 9.20. The summed E-state index contributed by atoms with van der Waals surface area (Å²) in [5, 5.41) is 18.7. The highest BCUT2D eigenvalue weighted by Crippen LogP contribution is 2.12. The van der Waals surface area contributed by atoms with Crippen LogP contribution in [0.25, 0.3) is 0 Å². The van der Waals surface area contributed by atoms with Gasteiger partial charge in [-0.3, -0.25) is 9.59 Å². The van der Waals surface area contributed by atoms with Crippen molar-refractivity contribution in [3.63, 3.8) is 0 Å². The number of amides is 2. The molecule has 1 atom stereocenters. The van der Waals surface area contributed by atoms with Crippen molar-refractivity contribution in [2.45, 2.75) is 32.2 Å². The summed E-state index contributed by atoms with van der Waals surface area (Å²) in [6.07, 6.45) is 1.81. The van der Waals surface area contributed by atoms with E-state index in [2.05, 4.69) is 10.6 Å². The highest BCUT2D eigenvalue weighted by atomic mass is 32.1. The molecule has 0 radical (unpaired) electrons. The predicted molar refractivity (Wildman–Crippen MR) is 96.3 cm³/mol. The molecule has 24 heavy (non-hydrogen) atoms. The first-order chi connectivity index (χ1) is 11.6. The lowest BCUT2D eigenvalue weighted by Gasteiger charge is -2.14. The molecule has 0 saturated heterocycles. The van der Waals surface area contributed by atoms with E-state index in [1.165, 1.54) is 0 Å². The third-order valence-electron chi connectivity index (χ3n) is 3.70. The third-order valence-corrected chi connectivity index (χ3v) is 4.43. The number of aryl methyl sites for hydroxylation is 1. The van der Waals surface area contributed by atoms with Gasteiger partial charge >= 0.3 is 0 Å². The molecule has 0 saturated carbocycles. The SMILES string of the molecule is CCC(CO)NC(=O)c1ccc(NC(=O)CCc2ccsc2)cc1. The van der Waals surface area contributed by atoms with Crippen molar-refractivity contribution in [3.8, 4) is 0 Å². The van der Waals surface area contributed by atoms with Crippen LogP contribution in [0.1, 0.15) is 35.7 Å². The van der Waals surface area contributed by atoms with Crippen LogP contribution in [0.4, 0.5) is 5.69 Å². The molecule has 0 fully saturated rings. The summed E-state index contributed by atoms with van der Waals surface area (Å²) in [5.41, 5.74) is 2.32. The van der Waals surface area contributed by atoms with E-state index in [0.29, 0.717) is 24.1 Å². The van der Waals surface area contributed by atoms with E-state index >= 15 is 0 Å². The van der Waals surface area contributed by atoms with Gasteiger partial charge in [0.15, 0.2) is 0 Å². The Morgan fingerprint density at radius 3 is 2.54 bits per heavy atom. The Labute approximate surface area is 145 Å². The molecule has 3 N–H and O–H groups in total. The standard InChI is InChI=1S/C18H22N2O3S/c1-2-15(11-21)20-18(23)14-4-6-16(7-5-14)19-17(22)8-3-13-9-10-24-12-13/h4-7,9-10,12,15,21H,2-3,8,11H2,1H3,(H,19,22)(H,20,23). The second-order valence-corrected chi connectivity index (χ2v) is 6.30. The number of carbonyl (C=O) groups is 2. The Bertz CT molecular complexity index is 649. The molecule has 6 heteroatoms. The van der Waals surface area contributed by atoms with Crippen LogP contribution in [-0.2, 0) is 11.2 Å². The number of rotatable bonds is 8. The monoisotopic (exact) mass is 346 g/mol. The van der Waals surface area contributed by atoms with Gasteiger partial charge < -0.3 is 15.7 Å². The predicted octanol–water partition coefficient (Wildman–Crippen LogP) is 2.82. The second-order valence-electron chi connectivity index (χ2n) is 5.52. The maximum Gasteiger partial charge on any atom is 0.251 e. The van der Waals surface area contributed by atoms with E-state index in [9.17, 15) is 9.59 Å². The lowest BCUT2D eigenvalue weighted by molar-refractivity contribution is -0.116. The summed E-state index contributed by atoms with van der Waals surface area (Å²) in [7, 11) is 0. The molecular weight excluding hydrogens is 324 g/mol. The first kappa shape index (κ1) is 18.2. The normalized spacial score (nSPS) is 11.8. The van der Waals surface area contributed by atoms with E-state index in [1.807, 2.05) is 23.8 Å². The molecule has 128 valence electrons. The summed E-state index contributed by atoms with van der Waals surface area (Å²) < 4.78 is 0. The molecule has 0 aliphatic heterocycles. The lowest BCUT2D eigenvalue weighted by Crippen LogP contribution is -2.36. The Balaban J connectivity index is 1.84. The van der Waals surface area contributed by atoms with E-state index in [1.54, 1.807) is 35.6 Å². The zero-order valence-electron chi connectivity index (χ0n) is 13.6. The van der Waals surface area contributed by atoms with Crippen molar-refractivity contribution in [2.75, 3.05) is 11.9 Å². The smallest absolute Gasteiger partial charge is 0.251 e. The first-order valence-electron chi connectivity index (χ1n) is 7.95. The number of carbonyl (C=O) groups excluding carboxylic acids is 2. The van der Waals surface area contributed by atoms with Gasteiger partial charge in [-0.1, -0.05) is 6.92 Å². The summed E-state index contributed by atoms with van der Waals surface area (Å²) in [6, 6.07) is 8.51. The topological polar surface area (TPSA) is 78.4 Å². The number of thiophene rings is 1. The van der Waals surface area contributed by atoms with Gasteiger partial charge in [-0.2, -0.15) is 11.3 Å². The van der Waals surface area contributed by atoms with Crippen LogP contribution in [-0.4, -0.2) is 29.6 Å². The lowest BCUT2D eigenvalue weighted by atomic mass is 10.1. The summed E-state index contributed by atoms with van der Waals surface area (Å²) in [6.45, 7) is 1.82. The Morgan fingerprint density at radius 1 is 1.21 bits per heavy atom. The molecule has 2 aromatic rings. The van der Waals surface area contributed by atoms with Gasteiger partial charge in [0.1, 0.15) is 0 Å². The minimum absolute atomic E-state index is 0.0512. The van der Waals surface area contributed by atoms with Crippen molar-refractivity contribution >= 4 is 28.8 Å². The van der Waals surface area contributed by atoms with Crippen molar-refractivity contribution < 1.29 is 14.7 Å². The van der Waals surface area contributed by atoms with Crippen LogP contribution in [0, 0.1) is 0 Å². The number of anilines is 1. The van der Waals surface area contributed by atoms with Gasteiger partial charge in [-0.25, -0.2) is 0 Å². The zero-order valence-corrected chi connectivity index (χ0v) is 14.4. The van der Waals surface area contributed by atoms with Gasteiger partial charge in [0.25, 0.3) is 5.91 Å². The van der Waals surface area contributed by atoms with Crippen LogP contribution >= 0.6 is 11.3 Å². The number of aliphatic hydroxyl groups excluding tert-OH is 1. The fourth-order valence-electron chi connectivity index (χ4n) is 2.17. The fraction of sp³-hybridized carbons (Fsp3) is 0.333. The van der Waals surface area contributed by atoms with Crippen LogP contribution in [0.2, 0.25) is 0 Å². The molecule has 0 aliphatic carbocycles. The molecule has 2 amide bonds. The molecule has 1 aromatic heterocycles. The van der Waals surface area contributed by atoms with Gasteiger partial charge in [0.2, 0.25) is 5.91 Å². The van der Waals surface area contributed by atoms with Crippen LogP contribution in [0.5, 0.6) is 0 Å². The zero-order chi connectivity index (χ0) is 17.4. The Morgan fingerprint density at radius 2 is 1.96 bits per heavy atom. The van der Waals surface area contributed by atoms with Gasteiger partial charge in [-0.15, -0.1) is 0 Å². The highest BCUT2D eigenvalue weighted by molar-refractivity contribution is 7.07. The number of nitrogens with one attached hydrogen (secondary N) is 2. The maximum absolute atomic E-state index is 12.0. The van der Waals surface area contributed by atoms with Crippen molar-refractivity contribution in [1.82, 2.24) is 5.32 Å². The molecule has 1 unspecified atom stereocenters. The maximum atomic E-state index is 12.0. The molecule has 0 bridgehead atoms. The molecule has 0 aliphatic rings. The summed E-state index contributed by atoms with van der Waals surface area (Å²) in [4.78, 5) is 24.0. The molecular formula is C18H22N2O3S. The van der Waals surface area contributed by atoms with E-state index in [-0.39, 0.29) is 24.5 Å². The minimum atomic E-state index is -0.242. The van der Waals surface area contributed by atoms with E-state index in [0.717, 1.165) is 12.0 Å². The molecule has 2 rings (SSSR count). The third kappa shape index (κ3) is 5.47. The number of hydrogen-bond donors (Lipinski definition) is 3. The van der Waals surface area contributed by atoms with E-state index in [4.69, 9.17) is 5.11 Å². The van der Waals surface area contributed by atoms with Gasteiger partial charge in [0.05, 0.1) is 12.6 Å². The van der Waals surface area contributed by atoms with Crippen molar-refractivity contribution in [1.29, 1.82) is 0 Å². The highest BCUT2D eigenvalue weighted by Gasteiger charge is 2.11. The average Bonchev–Trinajstić information content (AvgIpc) is 3.12. The van der Waals surface area contributed by atoms with Crippen LogP contribution in [0.3, 0.4) is 0 Å². The molecule has 1 aromatic carbocycles. The summed E-state index contributed by atoms with van der Waals surface area (Å²) >= 11 is 1.62. The fourth-order valence-corrected chi connectivity index (χ4v) is 2.87. The molecule has 5 nitrogen and oxygen atoms in total. The quantitative estimate of drug-likeness (QED) is 0.688. The van der Waals surface area contributed by atoms with Gasteiger partial charge in [-0.05, 0) is 59.5 Å². The van der Waals surface area contributed by atoms with Crippen molar-refractivity contribution in [3.05, 3.63) is 52.2 Å². The molecule has 1 heterocycles. The van der Waals surface area contributed by atoms with Crippen LogP contribution < -0.4 is 10.6 Å². The first-order valence-corrected chi connectivity index (χ1v) is 8.89. The molecule has 0 spiro atoms. The largest absolute Gasteiger partial charge is 0.394 e. The number of aliphatic hydroxyl groups is 1. The minimum Gasteiger partial charge on any atom is -0.394 e. The van der Waals surface area contributed by atoms with Gasteiger partial charge in [0, 0.05) is 17.7 Å². The number of benzene rings is 1.